The Labute approximate surface area is 228 Å². The molecule has 0 heterocycles. The van der Waals surface area contributed by atoms with Gasteiger partial charge in [-0.25, -0.2) is 0 Å². The molecular weight excluding hydrogens is 468 g/mol. The number of rotatable bonds is 26. The van der Waals surface area contributed by atoms with Gasteiger partial charge in [0.1, 0.15) is 13.2 Å². The van der Waals surface area contributed by atoms with Gasteiger partial charge < -0.3 is 14.2 Å². The first-order chi connectivity index (χ1) is 17.9. The maximum atomic E-state index is 12.1. The molecule has 0 saturated heterocycles. The molecule has 0 aliphatic rings. The predicted octanol–water partition coefficient (Wildman–Crippen LogP) is 8.48. The summed E-state index contributed by atoms with van der Waals surface area (Å²) in [5.74, 6) is -1.29. The van der Waals surface area contributed by atoms with Crippen molar-refractivity contribution in [3.63, 3.8) is 0 Å². The van der Waals surface area contributed by atoms with Crippen molar-refractivity contribution in [1.29, 1.82) is 0 Å². The van der Waals surface area contributed by atoms with Gasteiger partial charge in [0, 0.05) is 12.8 Å². The monoisotopic (exact) mass is 526 g/mol. The molecule has 0 aliphatic carbocycles. The molecule has 0 atom stereocenters. The topological polar surface area (TPSA) is 78.9 Å². The van der Waals surface area contributed by atoms with E-state index in [1.54, 1.807) is 13.8 Å². The zero-order valence-electron chi connectivity index (χ0n) is 24.7. The zero-order valence-corrected chi connectivity index (χ0v) is 24.7. The molecule has 6 heteroatoms. The van der Waals surface area contributed by atoms with Gasteiger partial charge in [0.15, 0.2) is 6.10 Å². The van der Waals surface area contributed by atoms with Crippen molar-refractivity contribution in [3.05, 3.63) is 0 Å². The Morgan fingerprint density at radius 3 is 1.16 bits per heavy atom. The molecule has 6 nitrogen and oxygen atoms in total. The summed E-state index contributed by atoms with van der Waals surface area (Å²) < 4.78 is 16.1. The third kappa shape index (κ3) is 24.5. The number of carbonyl (C=O) groups is 3. The van der Waals surface area contributed by atoms with Crippen LogP contribution in [0.5, 0.6) is 0 Å². The Hall–Kier alpha value is -1.59. The van der Waals surface area contributed by atoms with Crippen LogP contribution in [-0.4, -0.2) is 37.2 Å². The van der Waals surface area contributed by atoms with Gasteiger partial charge in [-0.15, -0.1) is 0 Å². The van der Waals surface area contributed by atoms with E-state index < -0.39 is 12.1 Å². The van der Waals surface area contributed by atoms with Gasteiger partial charge in [-0.05, 0) is 12.8 Å². The van der Waals surface area contributed by atoms with Gasteiger partial charge in [-0.1, -0.05) is 130 Å². The second kappa shape index (κ2) is 26.0. The molecule has 0 fully saturated rings. The standard InChI is InChI=1S/C31H58O6/c1-5-7-9-11-13-15-17-19-21-23-29(32)35-25-28(37-31(34)27(3)4)26-36-30(33)24-22-20-18-16-14-12-10-8-6-2/h27-28H,5-26H2,1-4H3. The highest BCUT2D eigenvalue weighted by Gasteiger charge is 2.21. The third-order valence-corrected chi connectivity index (χ3v) is 6.58. The molecule has 0 unspecified atom stereocenters. The smallest absolute Gasteiger partial charge is 0.308 e. The second-order valence-corrected chi connectivity index (χ2v) is 10.7. The fourth-order valence-corrected chi connectivity index (χ4v) is 4.09. The van der Waals surface area contributed by atoms with Crippen molar-refractivity contribution < 1.29 is 28.6 Å². The lowest BCUT2D eigenvalue weighted by Crippen LogP contribution is -2.32. The van der Waals surface area contributed by atoms with Crippen molar-refractivity contribution in [1.82, 2.24) is 0 Å². The van der Waals surface area contributed by atoms with Gasteiger partial charge >= 0.3 is 17.9 Å². The van der Waals surface area contributed by atoms with E-state index in [2.05, 4.69) is 13.8 Å². The van der Waals surface area contributed by atoms with Crippen LogP contribution in [0.3, 0.4) is 0 Å². The molecule has 0 aromatic carbocycles. The number of hydrogen-bond donors (Lipinski definition) is 0. The zero-order chi connectivity index (χ0) is 27.6. The first kappa shape index (κ1) is 35.4. The van der Waals surface area contributed by atoms with Crippen LogP contribution >= 0.6 is 0 Å². The summed E-state index contributed by atoms with van der Waals surface area (Å²) >= 11 is 0. The van der Waals surface area contributed by atoms with Crippen LogP contribution in [0, 0.1) is 5.92 Å². The number of esters is 3. The minimum Gasteiger partial charge on any atom is -0.462 e. The van der Waals surface area contributed by atoms with Crippen molar-refractivity contribution in [2.45, 2.75) is 162 Å². The fourth-order valence-electron chi connectivity index (χ4n) is 4.09. The number of hydrogen-bond acceptors (Lipinski definition) is 6. The van der Waals surface area contributed by atoms with Crippen LogP contribution in [0.4, 0.5) is 0 Å². The average molecular weight is 527 g/mol. The van der Waals surface area contributed by atoms with Crippen LogP contribution < -0.4 is 0 Å². The first-order valence-electron chi connectivity index (χ1n) is 15.4. The fraction of sp³-hybridized carbons (Fsp3) is 0.903. The SMILES string of the molecule is CCCCCCCCCCCC(=O)OCC(COC(=O)CCCCCCCCCCC)OC(=O)C(C)C. The Balaban J connectivity index is 4.08. The van der Waals surface area contributed by atoms with Crippen LogP contribution in [0.25, 0.3) is 0 Å². The maximum absolute atomic E-state index is 12.1. The molecule has 0 aromatic heterocycles. The van der Waals surface area contributed by atoms with E-state index in [1.807, 2.05) is 0 Å². The second-order valence-electron chi connectivity index (χ2n) is 10.7. The predicted molar refractivity (Wildman–Crippen MR) is 150 cm³/mol. The Morgan fingerprint density at radius 2 is 0.838 bits per heavy atom. The third-order valence-electron chi connectivity index (χ3n) is 6.58. The molecule has 0 radical (unpaired) electrons. The first-order valence-corrected chi connectivity index (χ1v) is 15.4. The van der Waals surface area contributed by atoms with Crippen LogP contribution in [0.15, 0.2) is 0 Å². The molecule has 0 amide bonds. The van der Waals surface area contributed by atoms with Crippen molar-refractivity contribution in [3.8, 4) is 0 Å². The highest BCUT2D eigenvalue weighted by atomic mass is 16.6. The van der Waals surface area contributed by atoms with Gasteiger partial charge in [0.05, 0.1) is 5.92 Å². The van der Waals surface area contributed by atoms with Crippen LogP contribution in [0.1, 0.15) is 156 Å². The molecule has 0 spiro atoms. The Kier molecular flexibility index (Phi) is 24.9. The van der Waals surface area contributed by atoms with E-state index >= 15 is 0 Å². The molecule has 37 heavy (non-hydrogen) atoms. The summed E-state index contributed by atoms with van der Waals surface area (Å²) in [6.45, 7) is 7.76. The van der Waals surface area contributed by atoms with E-state index in [-0.39, 0.29) is 31.1 Å². The highest BCUT2D eigenvalue weighted by Crippen LogP contribution is 2.13. The Bertz CT molecular complexity index is 522. The van der Waals surface area contributed by atoms with Gasteiger partial charge in [-0.2, -0.15) is 0 Å². The number of carbonyl (C=O) groups excluding carboxylic acids is 3. The van der Waals surface area contributed by atoms with Gasteiger partial charge in [-0.3, -0.25) is 14.4 Å². The maximum Gasteiger partial charge on any atom is 0.308 e. The molecule has 0 bridgehead atoms. The van der Waals surface area contributed by atoms with Crippen molar-refractivity contribution >= 4 is 17.9 Å². The normalized spacial score (nSPS) is 11.2. The van der Waals surface area contributed by atoms with Crippen LogP contribution in [0.2, 0.25) is 0 Å². The van der Waals surface area contributed by atoms with E-state index in [9.17, 15) is 14.4 Å². The lowest BCUT2D eigenvalue weighted by Gasteiger charge is -2.19. The quantitative estimate of drug-likeness (QED) is 0.0639. The van der Waals surface area contributed by atoms with E-state index in [1.165, 1.54) is 77.0 Å². The number of unbranched alkanes of at least 4 members (excludes halogenated alkanes) is 16. The van der Waals surface area contributed by atoms with Crippen molar-refractivity contribution in [2.75, 3.05) is 13.2 Å². The van der Waals surface area contributed by atoms with E-state index in [0.29, 0.717) is 12.8 Å². The van der Waals surface area contributed by atoms with Crippen molar-refractivity contribution in [2.24, 2.45) is 5.92 Å². The molecule has 0 N–H and O–H groups in total. The summed E-state index contributed by atoms with van der Waals surface area (Å²) in [4.78, 5) is 36.3. The highest BCUT2D eigenvalue weighted by molar-refractivity contribution is 5.72. The summed E-state index contributed by atoms with van der Waals surface area (Å²) in [6.07, 6.45) is 21.3. The summed E-state index contributed by atoms with van der Waals surface area (Å²) in [5, 5.41) is 0. The lowest BCUT2D eigenvalue weighted by atomic mass is 10.1. The molecule has 0 aliphatic heterocycles. The van der Waals surface area contributed by atoms with Crippen LogP contribution in [-0.2, 0) is 28.6 Å². The summed E-state index contributed by atoms with van der Waals surface area (Å²) in [5.41, 5.74) is 0. The summed E-state index contributed by atoms with van der Waals surface area (Å²) in [7, 11) is 0. The molecule has 218 valence electrons. The lowest BCUT2D eigenvalue weighted by molar-refractivity contribution is -0.169. The number of ether oxygens (including phenoxy) is 3. The summed E-state index contributed by atoms with van der Waals surface area (Å²) in [6, 6.07) is 0. The molecular formula is C31H58O6. The van der Waals surface area contributed by atoms with E-state index in [4.69, 9.17) is 14.2 Å². The average Bonchev–Trinajstić information content (AvgIpc) is 2.88. The molecule has 0 rings (SSSR count). The largest absolute Gasteiger partial charge is 0.462 e. The van der Waals surface area contributed by atoms with E-state index in [0.717, 1.165) is 38.5 Å². The molecule has 0 saturated carbocycles. The minimum absolute atomic E-state index is 0.0833. The van der Waals surface area contributed by atoms with Gasteiger partial charge in [0.2, 0.25) is 0 Å². The van der Waals surface area contributed by atoms with Gasteiger partial charge in [0.25, 0.3) is 0 Å². The Morgan fingerprint density at radius 1 is 0.514 bits per heavy atom. The molecule has 0 aromatic rings. The minimum atomic E-state index is -0.769.